The Kier molecular flexibility index (Phi) is 9.94. The maximum Gasteiger partial charge on any atom is 0.0419 e. The molecule has 0 nitrogen and oxygen atoms in total. The average Bonchev–Trinajstić information content (AvgIpc) is 2.20. The summed E-state index contributed by atoms with van der Waals surface area (Å²) < 4.78 is 0. The minimum atomic E-state index is -0.0989. The molecule has 0 heterocycles. The minimum Gasteiger partial charge on any atom is -0.127 e. The van der Waals surface area contributed by atoms with Crippen molar-refractivity contribution < 1.29 is 0 Å². The van der Waals surface area contributed by atoms with E-state index in [0.29, 0.717) is 5.92 Å². The fourth-order valence-corrected chi connectivity index (χ4v) is 2.62. The second kappa shape index (κ2) is 9.59. The highest BCUT2D eigenvalue weighted by molar-refractivity contribution is 6.23. The lowest BCUT2D eigenvalue weighted by atomic mass is 9.87. The lowest BCUT2D eigenvalue weighted by Crippen LogP contribution is -2.25. The smallest absolute Gasteiger partial charge is 0.0419 e. The molecule has 0 aromatic heterocycles. The van der Waals surface area contributed by atoms with Crippen LogP contribution >= 0.6 is 23.2 Å². The highest BCUT2D eigenvalue weighted by atomic mass is 35.5. The number of rotatable bonds is 10. The Morgan fingerprint density at radius 3 is 2.00 bits per heavy atom. The third kappa shape index (κ3) is 8.70. The summed E-state index contributed by atoms with van der Waals surface area (Å²) >= 11 is 12.2. The Morgan fingerprint density at radius 2 is 1.50 bits per heavy atom. The quantitative estimate of drug-likeness (QED) is 0.336. The number of hydrogen-bond acceptors (Lipinski definition) is 0. The van der Waals surface area contributed by atoms with Crippen molar-refractivity contribution in [3.63, 3.8) is 0 Å². The van der Waals surface area contributed by atoms with E-state index in [2.05, 4.69) is 20.8 Å². The topological polar surface area (TPSA) is 0 Å². The van der Waals surface area contributed by atoms with Crippen molar-refractivity contribution >= 4 is 23.2 Å². The van der Waals surface area contributed by atoms with Gasteiger partial charge in [0.15, 0.2) is 0 Å². The summed E-state index contributed by atoms with van der Waals surface area (Å²) in [6.45, 7) is 6.48. The summed E-state index contributed by atoms with van der Waals surface area (Å²) in [5.41, 5.74) is 0. The highest BCUT2D eigenvalue weighted by Crippen LogP contribution is 2.32. The highest BCUT2D eigenvalue weighted by Gasteiger charge is 2.25. The Balaban J connectivity index is 3.61. The minimum absolute atomic E-state index is 0.0989. The van der Waals surface area contributed by atoms with E-state index in [1.54, 1.807) is 0 Å². The molecule has 0 N–H and O–H groups in total. The van der Waals surface area contributed by atoms with Gasteiger partial charge in [0.2, 0.25) is 0 Å². The molecule has 0 fully saturated rings. The van der Waals surface area contributed by atoms with Crippen LogP contribution < -0.4 is 0 Å². The monoisotopic (exact) mass is 266 g/mol. The van der Waals surface area contributed by atoms with E-state index >= 15 is 0 Å². The predicted molar refractivity (Wildman–Crippen MR) is 76.8 cm³/mol. The van der Waals surface area contributed by atoms with Gasteiger partial charge in [0, 0.05) is 10.8 Å². The zero-order valence-corrected chi connectivity index (χ0v) is 12.7. The maximum atomic E-state index is 6.38. The van der Waals surface area contributed by atoms with Gasteiger partial charge in [-0.25, -0.2) is 0 Å². The zero-order chi connectivity index (χ0) is 12.4. The third-order valence-corrected chi connectivity index (χ3v) is 3.86. The number of unbranched alkanes of at least 4 members (excludes halogenated alkanes) is 5. The molecule has 0 aromatic carbocycles. The normalized spacial score (nSPS) is 14.1. The van der Waals surface area contributed by atoms with Gasteiger partial charge in [-0.1, -0.05) is 45.4 Å². The van der Waals surface area contributed by atoms with Crippen LogP contribution in [0.2, 0.25) is 0 Å². The van der Waals surface area contributed by atoms with Crippen molar-refractivity contribution in [3.05, 3.63) is 0 Å². The summed E-state index contributed by atoms with van der Waals surface area (Å²) in [6.07, 6.45) is 10.4. The van der Waals surface area contributed by atoms with Gasteiger partial charge >= 0.3 is 0 Å². The molecule has 1 unspecified atom stereocenters. The van der Waals surface area contributed by atoms with Gasteiger partial charge in [0.05, 0.1) is 0 Å². The number of alkyl halides is 2. The molecular formula is C14H28Cl2. The Morgan fingerprint density at radius 1 is 0.938 bits per heavy atom. The van der Waals surface area contributed by atoms with Gasteiger partial charge in [-0.3, -0.25) is 0 Å². The van der Waals surface area contributed by atoms with Gasteiger partial charge in [-0.15, -0.1) is 23.2 Å². The molecule has 0 amide bonds. The molecule has 0 saturated carbocycles. The largest absolute Gasteiger partial charge is 0.127 e. The fourth-order valence-electron chi connectivity index (χ4n) is 2.13. The van der Waals surface area contributed by atoms with Crippen LogP contribution in [0.3, 0.4) is 0 Å². The molecule has 0 aliphatic carbocycles. The molecule has 0 aliphatic heterocycles. The van der Waals surface area contributed by atoms with Gasteiger partial charge in [0.1, 0.15) is 0 Å². The van der Waals surface area contributed by atoms with Gasteiger partial charge < -0.3 is 0 Å². The second-order valence-electron chi connectivity index (χ2n) is 5.30. The first kappa shape index (κ1) is 16.6. The molecule has 0 aliphatic rings. The predicted octanol–water partition coefficient (Wildman–Crippen LogP) is 6.00. The summed E-state index contributed by atoms with van der Waals surface area (Å²) in [5.74, 6) is 1.30. The Hall–Kier alpha value is 0.580. The van der Waals surface area contributed by atoms with E-state index in [4.69, 9.17) is 23.2 Å². The molecule has 2 heteroatoms. The standard InChI is InChI=1S/C14H28Cl2/c1-4-5-6-7-8-9-10-13(11-12-15)14(2,3)16/h13H,4-12H2,1-3H3. The molecule has 0 saturated heterocycles. The summed E-state index contributed by atoms with van der Waals surface area (Å²) in [5, 5.41) is 0. The van der Waals surface area contributed by atoms with E-state index in [-0.39, 0.29) is 4.87 Å². The van der Waals surface area contributed by atoms with E-state index < -0.39 is 0 Å². The first-order chi connectivity index (χ1) is 7.52. The molecule has 0 bridgehead atoms. The first-order valence-electron chi connectivity index (χ1n) is 6.77. The fraction of sp³-hybridized carbons (Fsp3) is 1.00. The average molecular weight is 267 g/mol. The second-order valence-corrected chi connectivity index (χ2v) is 6.65. The van der Waals surface area contributed by atoms with Crippen molar-refractivity contribution in [1.29, 1.82) is 0 Å². The molecule has 98 valence electrons. The van der Waals surface area contributed by atoms with Crippen LogP contribution in [0.25, 0.3) is 0 Å². The SMILES string of the molecule is CCCCCCCCC(CCCl)C(C)(C)Cl. The van der Waals surface area contributed by atoms with Crippen LogP contribution in [0.15, 0.2) is 0 Å². The molecule has 1 atom stereocenters. The first-order valence-corrected chi connectivity index (χ1v) is 7.68. The van der Waals surface area contributed by atoms with Crippen molar-refractivity contribution in [2.24, 2.45) is 5.92 Å². The third-order valence-electron chi connectivity index (χ3n) is 3.33. The van der Waals surface area contributed by atoms with Crippen LogP contribution in [-0.4, -0.2) is 10.8 Å². The van der Waals surface area contributed by atoms with Crippen molar-refractivity contribution in [3.8, 4) is 0 Å². The van der Waals surface area contributed by atoms with Crippen LogP contribution in [0, 0.1) is 5.92 Å². The Labute approximate surface area is 112 Å². The van der Waals surface area contributed by atoms with Crippen LogP contribution in [-0.2, 0) is 0 Å². The summed E-state index contributed by atoms with van der Waals surface area (Å²) in [6, 6.07) is 0. The van der Waals surface area contributed by atoms with E-state index in [1.807, 2.05) is 0 Å². The molecule has 0 rings (SSSR count). The van der Waals surface area contributed by atoms with Crippen LogP contribution in [0.5, 0.6) is 0 Å². The number of hydrogen-bond donors (Lipinski definition) is 0. The summed E-state index contributed by atoms with van der Waals surface area (Å²) in [7, 11) is 0. The molecular weight excluding hydrogens is 239 g/mol. The summed E-state index contributed by atoms with van der Waals surface area (Å²) in [4.78, 5) is -0.0989. The maximum absolute atomic E-state index is 6.38. The lowest BCUT2D eigenvalue weighted by molar-refractivity contribution is 0.361. The van der Waals surface area contributed by atoms with E-state index in [0.717, 1.165) is 12.3 Å². The lowest BCUT2D eigenvalue weighted by Gasteiger charge is -2.28. The molecule has 0 aromatic rings. The van der Waals surface area contributed by atoms with Crippen molar-refractivity contribution in [2.75, 3.05) is 5.88 Å². The molecule has 0 radical (unpaired) electrons. The van der Waals surface area contributed by atoms with E-state index in [1.165, 1.54) is 44.9 Å². The van der Waals surface area contributed by atoms with Crippen molar-refractivity contribution in [2.45, 2.75) is 77.0 Å². The van der Waals surface area contributed by atoms with Crippen LogP contribution in [0.4, 0.5) is 0 Å². The Bertz CT molecular complexity index is 149. The van der Waals surface area contributed by atoms with Crippen LogP contribution in [0.1, 0.15) is 72.1 Å². The molecule has 0 spiro atoms. The van der Waals surface area contributed by atoms with Gasteiger partial charge in [-0.05, 0) is 32.6 Å². The zero-order valence-electron chi connectivity index (χ0n) is 11.2. The molecule has 16 heavy (non-hydrogen) atoms. The van der Waals surface area contributed by atoms with Gasteiger partial charge in [0.25, 0.3) is 0 Å². The van der Waals surface area contributed by atoms with Gasteiger partial charge in [-0.2, -0.15) is 0 Å². The van der Waals surface area contributed by atoms with Crippen molar-refractivity contribution in [1.82, 2.24) is 0 Å². The number of halogens is 2. The van der Waals surface area contributed by atoms with E-state index in [9.17, 15) is 0 Å².